The number of anilines is 1. The smallest absolute Gasteiger partial charge is 0.497 e. The second kappa shape index (κ2) is 14.3. The second-order valence-corrected chi connectivity index (χ2v) is 13.3. The summed E-state index contributed by atoms with van der Waals surface area (Å²) in [5.74, 6) is 1.55. The van der Waals surface area contributed by atoms with Gasteiger partial charge in [-0.2, -0.15) is 0 Å². The van der Waals surface area contributed by atoms with E-state index in [1.165, 1.54) is 4.90 Å². The molecule has 0 radical (unpaired) electrons. The average molecular weight is 627 g/mol. The number of hydrogen-bond donors (Lipinski definition) is 1. The number of nitrogens with zero attached hydrogens (tertiary/aromatic N) is 3. The lowest BCUT2D eigenvalue weighted by molar-refractivity contribution is -0.0518. The fraction of sp³-hybridized carbons (Fsp3) is 0.576. The molecule has 2 aliphatic rings. The van der Waals surface area contributed by atoms with E-state index in [1.54, 1.807) is 54.8 Å². The first-order chi connectivity index (χ1) is 21.2. The minimum atomic E-state index is -1.02. The molecule has 0 saturated carbocycles. The van der Waals surface area contributed by atoms with Gasteiger partial charge in [0.1, 0.15) is 22.8 Å². The van der Waals surface area contributed by atoms with Crippen LogP contribution in [0.4, 0.5) is 20.2 Å². The Kier molecular flexibility index (Phi) is 10.7. The van der Waals surface area contributed by atoms with Gasteiger partial charge in [-0.25, -0.2) is 19.4 Å². The van der Waals surface area contributed by atoms with E-state index in [0.717, 1.165) is 42.9 Å². The number of carbonyl (C=O) groups excluding carboxylic acids is 3. The molecule has 0 unspecified atom stereocenters. The lowest BCUT2D eigenvalue weighted by Gasteiger charge is -2.30. The molecule has 0 bridgehead atoms. The molecule has 246 valence electrons. The zero-order chi connectivity index (χ0) is 32.8. The number of hydrogen-bond acceptors (Lipinski definition) is 10. The first kappa shape index (κ1) is 33.7. The van der Waals surface area contributed by atoms with Crippen molar-refractivity contribution >= 4 is 24.2 Å². The Morgan fingerprint density at radius 1 is 0.911 bits per heavy atom. The van der Waals surface area contributed by atoms with Gasteiger partial charge in [0.05, 0.1) is 19.7 Å². The van der Waals surface area contributed by atoms with Crippen molar-refractivity contribution < 1.29 is 38.1 Å². The van der Waals surface area contributed by atoms with Crippen molar-refractivity contribution in [2.45, 2.75) is 96.8 Å². The molecule has 12 heteroatoms. The van der Waals surface area contributed by atoms with Gasteiger partial charge in [-0.15, -0.1) is 0 Å². The van der Waals surface area contributed by atoms with Gasteiger partial charge in [0.2, 0.25) is 0 Å². The van der Waals surface area contributed by atoms with Gasteiger partial charge in [-0.05, 0) is 96.2 Å². The topological polar surface area (TPSA) is 129 Å². The van der Waals surface area contributed by atoms with Crippen LogP contribution in [0.25, 0.3) is 0 Å². The minimum absolute atomic E-state index is 0.0591. The van der Waals surface area contributed by atoms with Gasteiger partial charge in [0.25, 0.3) is 0 Å². The van der Waals surface area contributed by atoms with Crippen molar-refractivity contribution in [2.75, 3.05) is 31.6 Å². The number of aromatic nitrogens is 1. The van der Waals surface area contributed by atoms with E-state index in [0.29, 0.717) is 12.2 Å². The van der Waals surface area contributed by atoms with Gasteiger partial charge >= 0.3 is 18.3 Å². The molecule has 3 heterocycles. The molecule has 2 amide bonds. The molecule has 1 aromatic heterocycles. The third-order valence-electron chi connectivity index (χ3n) is 7.31. The molecule has 0 aliphatic carbocycles. The highest BCUT2D eigenvalue weighted by Gasteiger charge is 2.50. The molecule has 2 saturated heterocycles. The largest absolute Gasteiger partial charge is 0.509 e. The maximum absolute atomic E-state index is 13.5. The van der Waals surface area contributed by atoms with Gasteiger partial charge in [0, 0.05) is 25.8 Å². The van der Waals surface area contributed by atoms with Gasteiger partial charge in [-0.3, -0.25) is 4.90 Å². The number of methoxy groups -OCH3 is 1. The minimum Gasteiger partial charge on any atom is -0.497 e. The Labute approximate surface area is 265 Å². The Hall–Kier alpha value is -4.22. The Balaban J connectivity index is 1.56. The van der Waals surface area contributed by atoms with Crippen LogP contribution in [0.2, 0.25) is 0 Å². The summed E-state index contributed by atoms with van der Waals surface area (Å²) in [5.41, 5.74) is 0.127. The number of rotatable bonds is 8. The van der Waals surface area contributed by atoms with Crippen LogP contribution in [0.5, 0.6) is 5.75 Å². The van der Waals surface area contributed by atoms with E-state index in [-0.39, 0.29) is 13.1 Å². The molecule has 4 rings (SSSR count). The van der Waals surface area contributed by atoms with Gasteiger partial charge in [0.15, 0.2) is 12.2 Å². The number of likely N-dealkylation sites (tertiary alicyclic amines) is 1. The van der Waals surface area contributed by atoms with Crippen molar-refractivity contribution in [1.29, 1.82) is 0 Å². The van der Waals surface area contributed by atoms with Crippen LogP contribution in [-0.2, 0) is 31.9 Å². The van der Waals surface area contributed by atoms with Gasteiger partial charge in [-0.1, -0.05) is 12.1 Å². The Morgan fingerprint density at radius 3 is 2.20 bits per heavy atom. The summed E-state index contributed by atoms with van der Waals surface area (Å²) in [7, 11) is 1.58. The Morgan fingerprint density at radius 2 is 1.58 bits per heavy atom. The van der Waals surface area contributed by atoms with E-state index in [2.05, 4.69) is 15.2 Å². The zero-order valence-corrected chi connectivity index (χ0v) is 27.3. The molecule has 45 heavy (non-hydrogen) atoms. The van der Waals surface area contributed by atoms with E-state index >= 15 is 0 Å². The second-order valence-electron chi connectivity index (χ2n) is 13.3. The summed E-state index contributed by atoms with van der Waals surface area (Å²) in [5, 5.41) is 2.81. The van der Waals surface area contributed by atoms with Crippen LogP contribution in [-0.4, -0.2) is 84.4 Å². The van der Waals surface area contributed by atoms with Gasteiger partial charge < -0.3 is 33.9 Å². The van der Waals surface area contributed by atoms with Crippen LogP contribution in [0.3, 0.4) is 0 Å². The summed E-state index contributed by atoms with van der Waals surface area (Å²) >= 11 is 0. The van der Waals surface area contributed by atoms with E-state index in [1.807, 2.05) is 36.4 Å². The fourth-order valence-corrected chi connectivity index (χ4v) is 5.30. The molecular formula is C33H46N4O8. The summed E-state index contributed by atoms with van der Waals surface area (Å²) in [4.78, 5) is 47.6. The maximum atomic E-state index is 13.5. The molecule has 1 aromatic carbocycles. The standard InChI is InChI=1S/C33H46N4O8/c1-32(2,3)44-30(39)37-21-26(42-31(40)45-33(4,5)6)28(25(37)18-22-10-12-24(41-7)13-11-22)43-29(38)35-20-23-14-15-34-27(19-23)36-16-8-9-17-36/h10-15,19,25-26,28H,8-9,16-18,20-21H2,1-7H3,(H,35,38)/t25-,26+,28+/m1/s1. The monoisotopic (exact) mass is 626 g/mol. The van der Waals surface area contributed by atoms with E-state index in [9.17, 15) is 14.4 Å². The SMILES string of the molecule is COc1ccc(C[C@@H]2[C@H](OC(=O)NCc3ccnc(N4CCCC4)c3)[C@@H](OC(=O)OC(C)(C)C)CN2C(=O)OC(C)(C)C)cc1. The zero-order valence-electron chi connectivity index (χ0n) is 27.3. The molecule has 2 aliphatic heterocycles. The highest BCUT2D eigenvalue weighted by molar-refractivity contribution is 5.71. The number of amides is 2. The fourth-order valence-electron chi connectivity index (χ4n) is 5.30. The maximum Gasteiger partial charge on any atom is 0.509 e. The van der Waals surface area contributed by atoms with Crippen LogP contribution in [0.15, 0.2) is 42.6 Å². The summed E-state index contributed by atoms with van der Waals surface area (Å²) in [6, 6.07) is 10.4. The summed E-state index contributed by atoms with van der Waals surface area (Å²) in [6.45, 7) is 12.5. The molecular weight excluding hydrogens is 580 g/mol. The highest BCUT2D eigenvalue weighted by atomic mass is 16.7. The Bertz CT molecular complexity index is 1320. The molecule has 2 fully saturated rings. The van der Waals surface area contributed by atoms with Crippen molar-refractivity contribution in [3.05, 3.63) is 53.7 Å². The van der Waals surface area contributed by atoms with Crippen molar-refractivity contribution in [3.8, 4) is 5.75 Å². The number of benzene rings is 1. The molecule has 2 aromatic rings. The van der Waals surface area contributed by atoms with Crippen molar-refractivity contribution in [3.63, 3.8) is 0 Å². The van der Waals surface area contributed by atoms with Crippen molar-refractivity contribution in [1.82, 2.24) is 15.2 Å². The average Bonchev–Trinajstić information content (AvgIpc) is 3.60. The molecule has 12 nitrogen and oxygen atoms in total. The lowest BCUT2D eigenvalue weighted by atomic mass is 10.0. The number of pyridine rings is 1. The number of ether oxygens (including phenoxy) is 5. The van der Waals surface area contributed by atoms with Crippen LogP contribution in [0, 0.1) is 0 Å². The number of nitrogens with one attached hydrogen (secondary N) is 1. The first-order valence-electron chi connectivity index (χ1n) is 15.4. The van der Waals surface area contributed by atoms with E-state index in [4.69, 9.17) is 23.7 Å². The number of carbonyl (C=O) groups is 3. The summed E-state index contributed by atoms with van der Waals surface area (Å²) < 4.78 is 28.0. The predicted octanol–water partition coefficient (Wildman–Crippen LogP) is 5.47. The third kappa shape index (κ3) is 9.89. The van der Waals surface area contributed by atoms with Crippen LogP contribution in [0.1, 0.15) is 65.5 Å². The third-order valence-corrected chi connectivity index (χ3v) is 7.31. The quantitative estimate of drug-likeness (QED) is 0.298. The summed E-state index contributed by atoms with van der Waals surface area (Å²) in [6.07, 6.45) is -0.0271. The number of alkyl carbamates (subject to hydrolysis) is 1. The van der Waals surface area contributed by atoms with E-state index < -0.39 is 47.8 Å². The lowest BCUT2D eigenvalue weighted by Crippen LogP contribution is -2.46. The highest BCUT2D eigenvalue weighted by Crippen LogP contribution is 2.30. The normalized spacial score (nSPS) is 20.0. The van der Waals surface area contributed by atoms with Crippen LogP contribution < -0.4 is 15.0 Å². The first-order valence-corrected chi connectivity index (χ1v) is 15.4. The molecule has 0 spiro atoms. The predicted molar refractivity (Wildman–Crippen MR) is 167 cm³/mol. The van der Waals surface area contributed by atoms with Crippen LogP contribution >= 0.6 is 0 Å². The molecule has 3 atom stereocenters. The molecule has 1 N–H and O–H groups in total. The van der Waals surface area contributed by atoms with Crippen molar-refractivity contribution in [2.24, 2.45) is 0 Å².